The van der Waals surface area contributed by atoms with Gasteiger partial charge in [0, 0.05) is 35.8 Å². The zero-order valence-corrected chi connectivity index (χ0v) is 22.3. The molecule has 0 saturated heterocycles. The number of aromatic amines is 1. The minimum absolute atomic E-state index is 0.0155. The Morgan fingerprint density at radius 1 is 1.21 bits per heavy atom. The Balaban J connectivity index is 1.57. The number of thiazole rings is 1. The molecule has 10 nitrogen and oxygen atoms in total. The second-order valence-corrected chi connectivity index (χ2v) is 12.2. The number of benzene rings is 1. The SMILES string of the molecule is COCc1nc(-c2ccc(Nc3cc(NC(=O)C4CC4)nc4nc(C(F)F)[nH]c34)c(S(C)(=O)=O)c2)sc1C. The molecule has 1 aliphatic carbocycles. The highest BCUT2D eigenvalue weighted by molar-refractivity contribution is 7.90. The first-order valence-electron chi connectivity index (χ1n) is 11.6. The van der Waals surface area contributed by atoms with E-state index in [1.54, 1.807) is 19.2 Å². The summed E-state index contributed by atoms with van der Waals surface area (Å²) in [5.41, 5.74) is 1.91. The third kappa shape index (κ3) is 5.37. The standard InChI is InChI=1S/C24H24F2N6O4S2/c1-11-16(10-36-2)28-24(37-11)13-6-7-14(17(8-13)38(3,34)35)27-15-9-18(30-23(33)12-4-5-12)29-21-19(15)31-22(32-21)20(25)26/h6-9,12,20H,4-5,10H2,1-3H3,(H3,27,29,30,31,32,33). The predicted octanol–water partition coefficient (Wildman–Crippen LogP) is 4.97. The molecule has 0 bridgehead atoms. The number of anilines is 3. The zero-order valence-electron chi connectivity index (χ0n) is 20.6. The van der Waals surface area contributed by atoms with Crippen molar-refractivity contribution in [2.45, 2.75) is 37.7 Å². The first-order valence-corrected chi connectivity index (χ1v) is 14.3. The van der Waals surface area contributed by atoms with E-state index in [4.69, 9.17) is 4.74 Å². The van der Waals surface area contributed by atoms with Crippen LogP contribution in [0.3, 0.4) is 0 Å². The summed E-state index contributed by atoms with van der Waals surface area (Å²) in [4.78, 5) is 28.4. The van der Waals surface area contributed by atoms with E-state index in [0.717, 1.165) is 29.7 Å². The van der Waals surface area contributed by atoms with Gasteiger partial charge in [0.1, 0.15) is 16.3 Å². The average Bonchev–Trinajstić information content (AvgIpc) is 3.51. The summed E-state index contributed by atoms with van der Waals surface area (Å²) < 4.78 is 57.5. The largest absolute Gasteiger partial charge is 0.378 e. The Bertz CT molecular complexity index is 1650. The number of alkyl halides is 2. The van der Waals surface area contributed by atoms with Crippen molar-refractivity contribution in [3.8, 4) is 10.6 Å². The van der Waals surface area contributed by atoms with Crippen LogP contribution >= 0.6 is 11.3 Å². The van der Waals surface area contributed by atoms with Crippen molar-refractivity contribution in [2.75, 3.05) is 24.0 Å². The number of hydrogen-bond acceptors (Lipinski definition) is 9. The summed E-state index contributed by atoms with van der Waals surface area (Å²) in [6.45, 7) is 2.25. The molecule has 3 heterocycles. The molecule has 0 atom stereocenters. The molecule has 0 aliphatic heterocycles. The Labute approximate surface area is 220 Å². The van der Waals surface area contributed by atoms with E-state index in [1.807, 2.05) is 6.92 Å². The minimum atomic E-state index is -3.73. The van der Waals surface area contributed by atoms with Gasteiger partial charge < -0.3 is 20.4 Å². The topological polar surface area (TPSA) is 139 Å². The van der Waals surface area contributed by atoms with E-state index in [1.165, 1.54) is 23.5 Å². The van der Waals surface area contributed by atoms with Gasteiger partial charge in [-0.1, -0.05) is 0 Å². The predicted molar refractivity (Wildman–Crippen MR) is 140 cm³/mol. The third-order valence-electron chi connectivity index (χ3n) is 5.96. The van der Waals surface area contributed by atoms with Crippen LogP contribution in [0.2, 0.25) is 0 Å². The van der Waals surface area contributed by atoms with Gasteiger partial charge in [0.15, 0.2) is 21.3 Å². The number of aromatic nitrogens is 4. The van der Waals surface area contributed by atoms with E-state index >= 15 is 0 Å². The van der Waals surface area contributed by atoms with Gasteiger partial charge in [0.25, 0.3) is 6.43 Å². The lowest BCUT2D eigenvalue weighted by Crippen LogP contribution is -2.14. The zero-order chi connectivity index (χ0) is 27.2. The van der Waals surface area contributed by atoms with Gasteiger partial charge in [-0.05, 0) is 38.0 Å². The number of sulfone groups is 1. The van der Waals surface area contributed by atoms with Crippen molar-refractivity contribution in [1.82, 2.24) is 19.9 Å². The van der Waals surface area contributed by atoms with Gasteiger partial charge in [-0.3, -0.25) is 4.79 Å². The van der Waals surface area contributed by atoms with Crippen LogP contribution in [0.15, 0.2) is 29.2 Å². The van der Waals surface area contributed by atoms with Crippen molar-refractivity contribution < 1.29 is 26.7 Å². The van der Waals surface area contributed by atoms with Crippen LogP contribution < -0.4 is 10.6 Å². The average molecular weight is 563 g/mol. The molecule has 38 heavy (non-hydrogen) atoms. The summed E-state index contributed by atoms with van der Waals surface area (Å²) >= 11 is 1.42. The highest BCUT2D eigenvalue weighted by atomic mass is 32.2. The Hall–Kier alpha value is -3.49. The quantitative estimate of drug-likeness (QED) is 0.260. The number of methoxy groups -OCH3 is 1. The van der Waals surface area contributed by atoms with Crippen LogP contribution in [0.5, 0.6) is 0 Å². The maximum atomic E-state index is 13.4. The number of pyridine rings is 1. The Kier molecular flexibility index (Phi) is 6.88. The van der Waals surface area contributed by atoms with Crippen LogP contribution in [-0.2, 0) is 26.0 Å². The number of aryl methyl sites for hydroxylation is 1. The molecule has 0 unspecified atom stereocenters. The van der Waals surface area contributed by atoms with Crippen molar-refractivity contribution in [3.05, 3.63) is 40.7 Å². The van der Waals surface area contributed by atoms with Crippen molar-refractivity contribution in [1.29, 1.82) is 0 Å². The van der Waals surface area contributed by atoms with Crippen LogP contribution in [0.25, 0.3) is 21.7 Å². The smallest absolute Gasteiger partial charge is 0.295 e. The lowest BCUT2D eigenvalue weighted by molar-refractivity contribution is -0.117. The number of halogens is 2. The molecule has 3 N–H and O–H groups in total. The van der Waals surface area contributed by atoms with E-state index < -0.39 is 22.1 Å². The number of imidazole rings is 1. The van der Waals surface area contributed by atoms with Crippen LogP contribution in [0.4, 0.5) is 26.0 Å². The maximum absolute atomic E-state index is 13.4. The Morgan fingerprint density at radius 3 is 2.63 bits per heavy atom. The molecule has 14 heteroatoms. The van der Waals surface area contributed by atoms with Crippen molar-refractivity contribution >= 4 is 55.4 Å². The number of fused-ring (bicyclic) bond motifs is 1. The lowest BCUT2D eigenvalue weighted by Gasteiger charge is -2.14. The van der Waals surface area contributed by atoms with E-state index in [-0.39, 0.29) is 45.1 Å². The Morgan fingerprint density at radius 2 is 1.97 bits per heavy atom. The van der Waals surface area contributed by atoms with Gasteiger partial charge in [-0.25, -0.2) is 32.2 Å². The molecule has 5 rings (SSSR count). The third-order valence-corrected chi connectivity index (χ3v) is 8.16. The fraction of sp³-hybridized carbons (Fsp3) is 0.333. The van der Waals surface area contributed by atoms with Crippen molar-refractivity contribution in [3.63, 3.8) is 0 Å². The number of H-pyrrole nitrogens is 1. The molecule has 200 valence electrons. The number of carbonyl (C=O) groups is 1. The van der Waals surface area contributed by atoms with Gasteiger partial charge in [0.2, 0.25) is 5.91 Å². The van der Waals surface area contributed by atoms with Gasteiger partial charge in [-0.15, -0.1) is 11.3 Å². The first-order chi connectivity index (χ1) is 18.0. The van der Waals surface area contributed by atoms with Crippen LogP contribution in [0.1, 0.15) is 35.7 Å². The summed E-state index contributed by atoms with van der Waals surface area (Å²) in [7, 11) is -2.16. The van der Waals surface area contributed by atoms with E-state index in [2.05, 4.69) is 30.6 Å². The van der Waals surface area contributed by atoms with Crippen LogP contribution in [0, 0.1) is 12.8 Å². The molecule has 1 amide bonds. The highest BCUT2D eigenvalue weighted by Crippen LogP contribution is 2.36. The number of hydrogen-bond donors (Lipinski definition) is 3. The van der Waals surface area contributed by atoms with Gasteiger partial charge in [0.05, 0.1) is 28.6 Å². The summed E-state index contributed by atoms with van der Waals surface area (Å²) in [6, 6.07) is 6.27. The molecular weight excluding hydrogens is 538 g/mol. The molecule has 0 spiro atoms. The summed E-state index contributed by atoms with van der Waals surface area (Å²) in [5.74, 6) is -0.806. The normalized spacial score (nSPS) is 13.8. The number of nitrogens with zero attached hydrogens (tertiary/aromatic N) is 3. The minimum Gasteiger partial charge on any atom is -0.378 e. The monoisotopic (exact) mass is 562 g/mol. The first kappa shape index (κ1) is 26.1. The van der Waals surface area contributed by atoms with Gasteiger partial charge >= 0.3 is 0 Å². The number of rotatable bonds is 9. The van der Waals surface area contributed by atoms with Gasteiger partial charge in [-0.2, -0.15) is 0 Å². The summed E-state index contributed by atoms with van der Waals surface area (Å²) in [5, 5.41) is 6.35. The number of amides is 1. The maximum Gasteiger partial charge on any atom is 0.295 e. The second kappa shape index (κ2) is 10.0. The fourth-order valence-corrected chi connectivity index (χ4v) is 5.65. The lowest BCUT2D eigenvalue weighted by atomic mass is 10.2. The van der Waals surface area contributed by atoms with E-state index in [0.29, 0.717) is 17.2 Å². The molecule has 1 fully saturated rings. The molecule has 3 aromatic heterocycles. The number of ether oxygens (including phenoxy) is 1. The highest BCUT2D eigenvalue weighted by Gasteiger charge is 2.30. The molecule has 1 aromatic carbocycles. The van der Waals surface area contributed by atoms with Crippen molar-refractivity contribution in [2.24, 2.45) is 5.92 Å². The number of nitrogens with one attached hydrogen (secondary N) is 3. The molecule has 4 aromatic rings. The second-order valence-electron chi connectivity index (χ2n) is 9.00. The molecular formula is C24H24F2N6O4S2. The number of carbonyl (C=O) groups excluding carboxylic acids is 1. The van der Waals surface area contributed by atoms with E-state index in [9.17, 15) is 22.0 Å². The summed E-state index contributed by atoms with van der Waals surface area (Å²) in [6.07, 6.45) is -0.258. The van der Waals surface area contributed by atoms with Crippen LogP contribution in [-0.4, -0.2) is 47.6 Å². The molecule has 0 radical (unpaired) electrons. The molecule has 1 aliphatic rings. The fourth-order valence-electron chi connectivity index (χ4n) is 3.88. The molecule has 1 saturated carbocycles.